The minimum absolute atomic E-state index is 0.0249. The molecule has 0 aliphatic carbocycles. The van der Waals surface area contributed by atoms with Gasteiger partial charge in [-0.15, -0.1) is 0 Å². The van der Waals surface area contributed by atoms with Crippen molar-refractivity contribution >= 4 is 39.8 Å². The van der Waals surface area contributed by atoms with E-state index in [1.165, 1.54) is 18.5 Å². The quantitative estimate of drug-likeness (QED) is 0.457. The van der Waals surface area contributed by atoms with Gasteiger partial charge in [0.2, 0.25) is 5.89 Å². The Hall–Kier alpha value is -3.42. The molecule has 0 bridgehead atoms. The summed E-state index contributed by atoms with van der Waals surface area (Å²) in [6.45, 7) is -0.254. The van der Waals surface area contributed by atoms with Crippen LogP contribution in [0, 0.1) is 0 Å². The molecule has 28 heavy (non-hydrogen) atoms. The summed E-state index contributed by atoms with van der Waals surface area (Å²) in [4.78, 5) is 20.3. The molecule has 0 saturated heterocycles. The zero-order valence-electron chi connectivity index (χ0n) is 14.4. The standard InChI is InChI=1S/C20H14ClN3O4/c21-12-2-4-16-13(8-12)18(15(9-23-16)19-22-5-6-28-19)24-17-3-1-11(10-25)7-14(17)20(26)27/h1-9,25H,10H2,(H,23,24)(H,26,27). The normalized spacial score (nSPS) is 10.9. The van der Waals surface area contributed by atoms with Gasteiger partial charge in [-0.05, 0) is 35.9 Å². The van der Waals surface area contributed by atoms with Crippen LogP contribution in [0.1, 0.15) is 15.9 Å². The monoisotopic (exact) mass is 395 g/mol. The fourth-order valence-electron chi connectivity index (χ4n) is 2.93. The Morgan fingerprint density at radius 2 is 2.04 bits per heavy atom. The maximum absolute atomic E-state index is 11.7. The molecule has 0 radical (unpaired) electrons. The number of fused-ring (bicyclic) bond motifs is 1. The maximum Gasteiger partial charge on any atom is 0.337 e. The Balaban J connectivity index is 1.94. The third-order valence-electron chi connectivity index (χ3n) is 4.25. The zero-order chi connectivity index (χ0) is 19.7. The number of carboxylic acids is 1. The number of oxazole rings is 1. The summed E-state index contributed by atoms with van der Waals surface area (Å²) >= 11 is 6.18. The van der Waals surface area contributed by atoms with E-state index in [4.69, 9.17) is 16.0 Å². The maximum atomic E-state index is 11.7. The SMILES string of the molecule is O=C(O)c1cc(CO)ccc1Nc1c(-c2ncco2)cnc2ccc(Cl)cc12. The number of halogens is 1. The van der Waals surface area contributed by atoms with Gasteiger partial charge in [0.25, 0.3) is 0 Å². The molecule has 0 atom stereocenters. The number of anilines is 2. The number of aliphatic hydroxyl groups is 1. The molecule has 2 heterocycles. The van der Waals surface area contributed by atoms with Gasteiger partial charge in [-0.25, -0.2) is 9.78 Å². The van der Waals surface area contributed by atoms with Crippen molar-refractivity contribution in [1.29, 1.82) is 0 Å². The fraction of sp³-hybridized carbons (Fsp3) is 0.0500. The molecule has 0 saturated carbocycles. The van der Waals surface area contributed by atoms with Gasteiger partial charge >= 0.3 is 5.97 Å². The lowest BCUT2D eigenvalue weighted by molar-refractivity contribution is 0.0698. The van der Waals surface area contributed by atoms with Crippen LogP contribution < -0.4 is 5.32 Å². The summed E-state index contributed by atoms with van der Waals surface area (Å²) in [5.74, 6) is -0.785. The van der Waals surface area contributed by atoms with Crippen LogP contribution in [0.2, 0.25) is 5.02 Å². The van der Waals surface area contributed by atoms with Gasteiger partial charge in [-0.1, -0.05) is 17.7 Å². The van der Waals surface area contributed by atoms with E-state index >= 15 is 0 Å². The number of carbonyl (C=O) groups is 1. The minimum Gasteiger partial charge on any atom is -0.478 e. The highest BCUT2D eigenvalue weighted by Crippen LogP contribution is 2.37. The van der Waals surface area contributed by atoms with E-state index in [0.29, 0.717) is 44.3 Å². The van der Waals surface area contributed by atoms with Crippen LogP contribution in [0.4, 0.5) is 11.4 Å². The smallest absolute Gasteiger partial charge is 0.337 e. The third-order valence-corrected chi connectivity index (χ3v) is 4.48. The highest BCUT2D eigenvalue weighted by Gasteiger charge is 2.18. The first-order chi connectivity index (χ1) is 13.6. The number of aliphatic hydroxyl groups excluding tert-OH is 1. The Bertz CT molecular complexity index is 1180. The number of nitrogens with one attached hydrogen (secondary N) is 1. The highest BCUT2D eigenvalue weighted by atomic mass is 35.5. The molecular weight excluding hydrogens is 382 g/mol. The number of hydrogen-bond acceptors (Lipinski definition) is 6. The molecule has 0 amide bonds. The van der Waals surface area contributed by atoms with Crippen LogP contribution in [-0.4, -0.2) is 26.2 Å². The predicted molar refractivity (Wildman–Crippen MR) is 105 cm³/mol. The molecule has 140 valence electrons. The number of carboxylic acid groups (broad SMARTS) is 1. The largest absolute Gasteiger partial charge is 0.478 e. The van der Waals surface area contributed by atoms with Crippen molar-refractivity contribution in [1.82, 2.24) is 9.97 Å². The Morgan fingerprint density at radius 3 is 2.75 bits per heavy atom. The van der Waals surface area contributed by atoms with Gasteiger partial charge in [0.15, 0.2) is 0 Å². The Morgan fingerprint density at radius 1 is 1.18 bits per heavy atom. The Labute approximate surface area is 164 Å². The van der Waals surface area contributed by atoms with Crippen molar-refractivity contribution < 1.29 is 19.4 Å². The molecule has 0 spiro atoms. The van der Waals surface area contributed by atoms with Crippen molar-refractivity contribution in [3.05, 3.63) is 71.2 Å². The molecule has 0 aliphatic rings. The van der Waals surface area contributed by atoms with E-state index in [9.17, 15) is 15.0 Å². The van der Waals surface area contributed by atoms with Gasteiger partial charge in [0, 0.05) is 16.6 Å². The second-order valence-corrected chi connectivity index (χ2v) is 6.45. The van der Waals surface area contributed by atoms with Crippen LogP contribution in [-0.2, 0) is 6.61 Å². The van der Waals surface area contributed by atoms with E-state index in [1.807, 2.05) is 0 Å². The second kappa shape index (κ2) is 7.30. The van der Waals surface area contributed by atoms with Gasteiger partial charge in [0.05, 0.1) is 40.8 Å². The van der Waals surface area contributed by atoms with E-state index in [0.717, 1.165) is 0 Å². The lowest BCUT2D eigenvalue weighted by Crippen LogP contribution is -2.05. The lowest BCUT2D eigenvalue weighted by Gasteiger charge is -2.15. The predicted octanol–water partition coefficient (Wildman–Crippen LogP) is 4.48. The molecule has 0 fully saturated rings. The zero-order valence-corrected chi connectivity index (χ0v) is 15.1. The number of rotatable bonds is 5. The average Bonchev–Trinajstić information content (AvgIpc) is 3.23. The van der Waals surface area contributed by atoms with Crippen LogP contribution >= 0.6 is 11.6 Å². The summed E-state index contributed by atoms with van der Waals surface area (Å²) < 4.78 is 5.42. The summed E-state index contributed by atoms with van der Waals surface area (Å²) in [6.07, 6.45) is 4.56. The minimum atomic E-state index is -1.12. The third kappa shape index (κ3) is 3.28. The van der Waals surface area contributed by atoms with E-state index in [2.05, 4.69) is 15.3 Å². The van der Waals surface area contributed by atoms with Crippen molar-refractivity contribution in [2.75, 3.05) is 5.32 Å². The molecule has 4 aromatic rings. The molecule has 2 aromatic heterocycles. The van der Waals surface area contributed by atoms with Crippen LogP contribution in [0.25, 0.3) is 22.4 Å². The highest BCUT2D eigenvalue weighted by molar-refractivity contribution is 6.31. The van der Waals surface area contributed by atoms with Crippen molar-refractivity contribution in [3.8, 4) is 11.5 Å². The van der Waals surface area contributed by atoms with Crippen LogP contribution in [0.3, 0.4) is 0 Å². The van der Waals surface area contributed by atoms with Crippen molar-refractivity contribution in [2.24, 2.45) is 0 Å². The molecule has 4 rings (SSSR count). The molecule has 2 aromatic carbocycles. The number of aromatic carboxylic acids is 1. The molecule has 3 N–H and O–H groups in total. The molecule has 0 unspecified atom stereocenters. The number of hydrogen-bond donors (Lipinski definition) is 3. The van der Waals surface area contributed by atoms with E-state index in [-0.39, 0.29) is 12.2 Å². The summed E-state index contributed by atoms with van der Waals surface area (Å²) in [6, 6.07) is 9.91. The molecule has 7 nitrogen and oxygen atoms in total. The topological polar surface area (TPSA) is 108 Å². The molecular formula is C20H14ClN3O4. The van der Waals surface area contributed by atoms with Gasteiger partial charge in [0.1, 0.15) is 6.26 Å². The van der Waals surface area contributed by atoms with Crippen molar-refractivity contribution in [3.63, 3.8) is 0 Å². The number of pyridine rings is 1. The number of nitrogens with zero attached hydrogens (tertiary/aromatic N) is 2. The first kappa shape index (κ1) is 18.0. The summed E-state index contributed by atoms with van der Waals surface area (Å²) in [7, 11) is 0. The molecule has 8 heteroatoms. The first-order valence-corrected chi connectivity index (χ1v) is 8.67. The van der Waals surface area contributed by atoms with Gasteiger partial charge in [-0.3, -0.25) is 4.98 Å². The Kier molecular flexibility index (Phi) is 4.68. The van der Waals surface area contributed by atoms with Crippen molar-refractivity contribution in [2.45, 2.75) is 6.61 Å². The van der Waals surface area contributed by atoms with Crippen LogP contribution in [0.5, 0.6) is 0 Å². The average molecular weight is 396 g/mol. The van der Waals surface area contributed by atoms with E-state index in [1.54, 1.807) is 36.5 Å². The number of aromatic nitrogens is 2. The molecule has 0 aliphatic heterocycles. The summed E-state index contributed by atoms with van der Waals surface area (Å²) in [5, 5.41) is 23.3. The number of benzene rings is 2. The fourth-order valence-corrected chi connectivity index (χ4v) is 3.10. The van der Waals surface area contributed by atoms with E-state index < -0.39 is 5.97 Å². The second-order valence-electron chi connectivity index (χ2n) is 6.01. The lowest BCUT2D eigenvalue weighted by atomic mass is 10.1. The van der Waals surface area contributed by atoms with Gasteiger partial charge < -0.3 is 19.9 Å². The summed E-state index contributed by atoms with van der Waals surface area (Å²) in [5.41, 5.74) is 2.67. The van der Waals surface area contributed by atoms with Gasteiger partial charge in [-0.2, -0.15) is 0 Å². The first-order valence-electron chi connectivity index (χ1n) is 8.29. The van der Waals surface area contributed by atoms with Crippen LogP contribution in [0.15, 0.2) is 59.5 Å².